The minimum absolute atomic E-state index is 0.0147. The normalized spacial score (nSPS) is 11.9. The number of thioether (sulfide) groups is 1. The predicted molar refractivity (Wildman–Crippen MR) is 124 cm³/mol. The van der Waals surface area contributed by atoms with Crippen molar-refractivity contribution in [2.75, 3.05) is 18.8 Å². The van der Waals surface area contributed by atoms with Crippen molar-refractivity contribution in [1.82, 2.24) is 14.4 Å². The molecule has 0 bridgehead atoms. The number of carbonyl (C=O) groups excluding carboxylic acids is 2. The maximum absolute atomic E-state index is 13.2. The Balaban J connectivity index is 2.06. The van der Waals surface area contributed by atoms with Crippen molar-refractivity contribution in [2.45, 2.75) is 57.5 Å². The first kappa shape index (κ1) is 24.1. The molecule has 1 heterocycles. The lowest BCUT2D eigenvalue weighted by Gasteiger charge is -2.31. The molecule has 0 saturated carbocycles. The van der Waals surface area contributed by atoms with E-state index in [1.165, 1.54) is 11.8 Å². The summed E-state index contributed by atoms with van der Waals surface area (Å²) in [5.41, 5.74) is 1.10. The van der Waals surface area contributed by atoms with Crippen molar-refractivity contribution in [3.63, 3.8) is 0 Å². The van der Waals surface area contributed by atoms with Gasteiger partial charge in [0.2, 0.25) is 11.8 Å². The second-order valence-corrected chi connectivity index (χ2v) is 8.71. The number of rotatable bonds is 12. The number of amides is 2. The SMILES string of the molecule is CCCCN(Cc1cccn1C)C(=O)CN(C(=O)CSc1ccccc1)C(C)CC. The van der Waals surface area contributed by atoms with Crippen LogP contribution in [-0.2, 0) is 23.2 Å². The van der Waals surface area contributed by atoms with Crippen molar-refractivity contribution < 1.29 is 9.59 Å². The second kappa shape index (κ2) is 12.5. The average molecular weight is 430 g/mol. The minimum Gasteiger partial charge on any atom is -0.353 e. The number of aromatic nitrogens is 1. The number of nitrogens with zero attached hydrogens (tertiary/aromatic N) is 3. The minimum atomic E-state index is 0.0147. The molecule has 6 heteroatoms. The maximum Gasteiger partial charge on any atom is 0.242 e. The number of benzene rings is 1. The van der Waals surface area contributed by atoms with Gasteiger partial charge >= 0.3 is 0 Å². The molecule has 0 radical (unpaired) electrons. The first-order valence-corrected chi connectivity index (χ1v) is 11.8. The fourth-order valence-corrected chi connectivity index (χ4v) is 4.00. The summed E-state index contributed by atoms with van der Waals surface area (Å²) in [6.45, 7) is 7.62. The number of hydrogen-bond acceptors (Lipinski definition) is 3. The summed E-state index contributed by atoms with van der Waals surface area (Å²) in [6.07, 6.45) is 4.80. The van der Waals surface area contributed by atoms with Gasteiger partial charge in [-0.3, -0.25) is 9.59 Å². The van der Waals surface area contributed by atoms with E-state index in [1.807, 2.05) is 72.1 Å². The van der Waals surface area contributed by atoms with Crippen LogP contribution in [0.2, 0.25) is 0 Å². The smallest absolute Gasteiger partial charge is 0.242 e. The quantitative estimate of drug-likeness (QED) is 0.464. The molecule has 164 valence electrons. The Labute approximate surface area is 185 Å². The van der Waals surface area contributed by atoms with E-state index in [9.17, 15) is 9.59 Å². The van der Waals surface area contributed by atoms with Gasteiger partial charge in [0.1, 0.15) is 6.54 Å². The summed E-state index contributed by atoms with van der Waals surface area (Å²) in [4.78, 5) is 30.9. The zero-order chi connectivity index (χ0) is 21.9. The fourth-order valence-electron chi connectivity index (χ4n) is 3.20. The molecule has 2 aromatic rings. The van der Waals surface area contributed by atoms with Crippen LogP contribution in [-0.4, -0.2) is 51.1 Å². The molecule has 0 saturated heterocycles. The molecule has 1 atom stereocenters. The summed E-state index contributed by atoms with van der Waals surface area (Å²) in [7, 11) is 1.99. The molecule has 1 unspecified atom stereocenters. The van der Waals surface area contributed by atoms with Crippen molar-refractivity contribution in [3.8, 4) is 0 Å². The maximum atomic E-state index is 13.2. The van der Waals surface area contributed by atoms with Crippen LogP contribution >= 0.6 is 11.8 Å². The molecule has 1 aromatic heterocycles. The van der Waals surface area contributed by atoms with E-state index < -0.39 is 0 Å². The highest BCUT2D eigenvalue weighted by Crippen LogP contribution is 2.19. The Morgan fingerprint density at radius 1 is 1.07 bits per heavy atom. The standard InChI is InChI=1S/C24H35N3O2S/c1-5-7-16-26(17-21-12-11-15-25(21)4)23(28)18-27(20(3)6-2)24(29)19-30-22-13-9-8-10-14-22/h8-15,20H,5-7,16-19H2,1-4H3. The van der Waals surface area contributed by atoms with Crippen LogP contribution < -0.4 is 0 Å². The molecular formula is C24H35N3O2S. The lowest BCUT2D eigenvalue weighted by Crippen LogP contribution is -2.47. The number of unbranched alkanes of at least 4 members (excludes halogenated alkanes) is 1. The van der Waals surface area contributed by atoms with Gasteiger partial charge in [-0.05, 0) is 44.0 Å². The highest BCUT2D eigenvalue weighted by Gasteiger charge is 2.25. The van der Waals surface area contributed by atoms with E-state index in [1.54, 1.807) is 4.90 Å². The molecule has 2 rings (SSSR count). The molecular weight excluding hydrogens is 394 g/mol. The van der Waals surface area contributed by atoms with Crippen LogP contribution in [0, 0.1) is 0 Å². The van der Waals surface area contributed by atoms with Crippen LogP contribution in [0.25, 0.3) is 0 Å². The highest BCUT2D eigenvalue weighted by atomic mass is 32.2. The first-order valence-electron chi connectivity index (χ1n) is 10.8. The summed E-state index contributed by atoms with van der Waals surface area (Å²) in [5, 5.41) is 0. The Hall–Kier alpha value is -2.21. The van der Waals surface area contributed by atoms with Crippen LogP contribution in [0.5, 0.6) is 0 Å². The van der Waals surface area contributed by atoms with E-state index in [4.69, 9.17) is 0 Å². The summed E-state index contributed by atoms with van der Waals surface area (Å²) < 4.78 is 2.04. The molecule has 1 aromatic carbocycles. The monoisotopic (exact) mass is 429 g/mol. The summed E-state index contributed by atoms with van der Waals surface area (Å²) in [5.74, 6) is 0.373. The Morgan fingerprint density at radius 3 is 2.40 bits per heavy atom. The van der Waals surface area contributed by atoms with E-state index in [0.29, 0.717) is 18.8 Å². The van der Waals surface area contributed by atoms with E-state index >= 15 is 0 Å². The number of hydrogen-bond donors (Lipinski definition) is 0. The fraction of sp³-hybridized carbons (Fsp3) is 0.500. The lowest BCUT2D eigenvalue weighted by atomic mass is 10.2. The predicted octanol–water partition coefficient (Wildman–Crippen LogP) is 4.57. The van der Waals surface area contributed by atoms with Gasteiger partial charge in [0.05, 0.1) is 12.3 Å². The van der Waals surface area contributed by atoms with Crippen LogP contribution in [0.1, 0.15) is 45.7 Å². The molecule has 0 aliphatic rings. The molecule has 0 fully saturated rings. The highest BCUT2D eigenvalue weighted by molar-refractivity contribution is 8.00. The molecule has 2 amide bonds. The molecule has 0 aliphatic carbocycles. The zero-order valence-corrected chi connectivity index (χ0v) is 19.5. The Bertz CT molecular complexity index is 791. The van der Waals surface area contributed by atoms with Gasteiger partial charge in [-0.2, -0.15) is 0 Å². The Kier molecular flexibility index (Phi) is 10.0. The van der Waals surface area contributed by atoms with Gasteiger partial charge in [0, 0.05) is 36.4 Å². The number of aryl methyl sites for hydroxylation is 1. The summed E-state index contributed by atoms with van der Waals surface area (Å²) >= 11 is 1.52. The van der Waals surface area contributed by atoms with Crippen molar-refractivity contribution in [1.29, 1.82) is 0 Å². The third-order valence-corrected chi connectivity index (χ3v) is 6.39. The molecule has 5 nitrogen and oxygen atoms in total. The third-order valence-electron chi connectivity index (χ3n) is 5.39. The van der Waals surface area contributed by atoms with E-state index in [0.717, 1.165) is 29.9 Å². The van der Waals surface area contributed by atoms with Crippen LogP contribution in [0.3, 0.4) is 0 Å². The summed E-state index contributed by atoms with van der Waals surface area (Å²) in [6, 6.07) is 14.0. The van der Waals surface area contributed by atoms with E-state index in [-0.39, 0.29) is 24.4 Å². The average Bonchev–Trinajstić information content (AvgIpc) is 3.17. The van der Waals surface area contributed by atoms with Crippen molar-refractivity contribution >= 4 is 23.6 Å². The van der Waals surface area contributed by atoms with Crippen molar-refractivity contribution in [3.05, 3.63) is 54.4 Å². The molecule has 0 aliphatic heterocycles. The molecule has 0 spiro atoms. The number of carbonyl (C=O) groups is 2. The zero-order valence-electron chi connectivity index (χ0n) is 18.7. The largest absolute Gasteiger partial charge is 0.353 e. The van der Waals surface area contributed by atoms with Gasteiger partial charge in [-0.25, -0.2) is 0 Å². The molecule has 30 heavy (non-hydrogen) atoms. The van der Waals surface area contributed by atoms with Gasteiger partial charge < -0.3 is 14.4 Å². The second-order valence-electron chi connectivity index (χ2n) is 7.66. The Morgan fingerprint density at radius 2 is 1.80 bits per heavy atom. The van der Waals surface area contributed by atoms with Crippen LogP contribution in [0.15, 0.2) is 53.6 Å². The van der Waals surface area contributed by atoms with Gasteiger partial charge in [0.15, 0.2) is 0 Å². The van der Waals surface area contributed by atoms with E-state index in [2.05, 4.69) is 13.8 Å². The van der Waals surface area contributed by atoms with Gasteiger partial charge in [-0.1, -0.05) is 38.5 Å². The van der Waals surface area contributed by atoms with Crippen molar-refractivity contribution in [2.24, 2.45) is 7.05 Å². The van der Waals surface area contributed by atoms with Gasteiger partial charge in [-0.15, -0.1) is 11.8 Å². The van der Waals surface area contributed by atoms with Crippen LogP contribution in [0.4, 0.5) is 0 Å². The third kappa shape index (κ3) is 7.24. The van der Waals surface area contributed by atoms with Gasteiger partial charge in [0.25, 0.3) is 0 Å². The first-order chi connectivity index (χ1) is 14.5. The topological polar surface area (TPSA) is 45.6 Å². The molecule has 0 N–H and O–H groups in total. The lowest BCUT2D eigenvalue weighted by molar-refractivity contribution is -0.141.